The second-order valence-corrected chi connectivity index (χ2v) is 5.44. The van der Waals surface area contributed by atoms with Crippen LogP contribution in [-0.4, -0.2) is 18.4 Å². The number of fused-ring (bicyclic) bond motifs is 1. The fourth-order valence-corrected chi connectivity index (χ4v) is 2.56. The van der Waals surface area contributed by atoms with Gasteiger partial charge in [-0.2, -0.15) is 0 Å². The minimum Gasteiger partial charge on any atom is -0.481 e. The van der Waals surface area contributed by atoms with E-state index >= 15 is 0 Å². The number of anilines is 2. The Morgan fingerprint density at radius 2 is 2.05 bits per heavy atom. The molecule has 5 nitrogen and oxygen atoms in total. The number of para-hydroxylation sites is 1. The van der Waals surface area contributed by atoms with Crippen LogP contribution in [0.15, 0.2) is 36.4 Å². The van der Waals surface area contributed by atoms with Crippen molar-refractivity contribution in [3.63, 3.8) is 0 Å². The maximum Gasteiger partial charge on any atom is 0.262 e. The van der Waals surface area contributed by atoms with Gasteiger partial charge in [-0.15, -0.1) is 0 Å². The van der Waals surface area contributed by atoms with Gasteiger partial charge in [0.15, 0.2) is 6.61 Å². The van der Waals surface area contributed by atoms with Gasteiger partial charge >= 0.3 is 0 Å². The molecule has 0 saturated heterocycles. The molecular weight excluding hydrogens is 327 g/mol. The molecule has 2 aromatic carbocycles. The van der Waals surface area contributed by atoms with Crippen LogP contribution in [0.2, 0.25) is 10.0 Å². The number of hydrogen-bond acceptors (Lipinski definition) is 3. The molecular formula is C15H10Cl2N2O3. The molecule has 1 aliphatic heterocycles. The van der Waals surface area contributed by atoms with E-state index in [-0.39, 0.29) is 23.1 Å². The Kier molecular flexibility index (Phi) is 3.92. The van der Waals surface area contributed by atoms with Gasteiger partial charge < -0.3 is 15.4 Å². The Morgan fingerprint density at radius 3 is 2.82 bits per heavy atom. The lowest BCUT2D eigenvalue weighted by Crippen LogP contribution is -2.26. The topological polar surface area (TPSA) is 67.4 Å². The minimum atomic E-state index is -0.408. The van der Waals surface area contributed by atoms with Gasteiger partial charge in [-0.05, 0) is 30.3 Å². The maximum absolute atomic E-state index is 12.3. The highest BCUT2D eigenvalue weighted by Gasteiger charge is 2.20. The first-order valence-electron chi connectivity index (χ1n) is 6.36. The zero-order valence-corrected chi connectivity index (χ0v) is 12.7. The Balaban J connectivity index is 1.90. The lowest BCUT2D eigenvalue weighted by Gasteiger charge is -2.21. The molecule has 0 aliphatic carbocycles. The molecule has 0 unspecified atom stereocenters. The van der Waals surface area contributed by atoms with Gasteiger partial charge in [-0.25, -0.2) is 0 Å². The van der Waals surface area contributed by atoms with Crippen LogP contribution < -0.4 is 15.4 Å². The van der Waals surface area contributed by atoms with E-state index in [1.165, 1.54) is 12.1 Å². The third kappa shape index (κ3) is 2.86. The molecule has 0 bridgehead atoms. The average molecular weight is 337 g/mol. The highest BCUT2D eigenvalue weighted by Crippen LogP contribution is 2.35. The first kappa shape index (κ1) is 14.7. The number of amides is 2. The van der Waals surface area contributed by atoms with Crippen LogP contribution in [0.4, 0.5) is 11.4 Å². The summed E-state index contributed by atoms with van der Waals surface area (Å²) < 4.78 is 5.30. The SMILES string of the molecule is O=C1COc2cccc(NC(=O)c3ccc(Cl)cc3Cl)c2N1. The molecule has 7 heteroatoms. The van der Waals surface area contributed by atoms with Gasteiger partial charge in [0, 0.05) is 5.02 Å². The lowest BCUT2D eigenvalue weighted by atomic mass is 10.2. The van der Waals surface area contributed by atoms with E-state index in [1.54, 1.807) is 24.3 Å². The number of benzene rings is 2. The molecule has 2 N–H and O–H groups in total. The minimum absolute atomic E-state index is 0.0482. The number of nitrogens with one attached hydrogen (secondary N) is 2. The van der Waals surface area contributed by atoms with Crippen LogP contribution in [-0.2, 0) is 4.79 Å². The first-order chi connectivity index (χ1) is 10.5. The van der Waals surface area contributed by atoms with E-state index in [1.807, 2.05) is 0 Å². The lowest BCUT2D eigenvalue weighted by molar-refractivity contribution is -0.118. The van der Waals surface area contributed by atoms with E-state index in [4.69, 9.17) is 27.9 Å². The summed E-state index contributed by atoms with van der Waals surface area (Å²) in [6.07, 6.45) is 0. The molecule has 112 valence electrons. The molecule has 3 rings (SSSR count). The van der Waals surface area contributed by atoms with E-state index in [0.717, 1.165) is 0 Å². The monoisotopic (exact) mass is 336 g/mol. The van der Waals surface area contributed by atoms with E-state index in [2.05, 4.69) is 10.6 Å². The molecule has 22 heavy (non-hydrogen) atoms. The highest BCUT2D eigenvalue weighted by molar-refractivity contribution is 6.37. The summed E-state index contributed by atoms with van der Waals surface area (Å²) in [5, 5.41) is 6.07. The van der Waals surface area contributed by atoms with E-state index in [0.29, 0.717) is 22.1 Å². The quantitative estimate of drug-likeness (QED) is 0.880. The third-order valence-electron chi connectivity index (χ3n) is 3.07. The van der Waals surface area contributed by atoms with Gasteiger partial charge in [-0.3, -0.25) is 9.59 Å². The number of hydrogen-bond donors (Lipinski definition) is 2. The summed E-state index contributed by atoms with van der Waals surface area (Å²) in [5.41, 5.74) is 1.14. The van der Waals surface area contributed by atoms with Crippen molar-refractivity contribution >= 4 is 46.4 Å². The van der Waals surface area contributed by atoms with Gasteiger partial charge in [0.05, 0.1) is 16.3 Å². The summed E-state index contributed by atoms with van der Waals surface area (Å²) in [6, 6.07) is 9.69. The fourth-order valence-electron chi connectivity index (χ4n) is 2.07. The molecule has 0 atom stereocenters. The van der Waals surface area contributed by atoms with Crippen LogP contribution in [0.3, 0.4) is 0 Å². The zero-order valence-electron chi connectivity index (χ0n) is 11.2. The van der Waals surface area contributed by atoms with Crippen molar-refractivity contribution in [3.05, 3.63) is 52.0 Å². The number of ether oxygens (including phenoxy) is 1. The van der Waals surface area contributed by atoms with Crippen LogP contribution >= 0.6 is 23.2 Å². The number of carbonyl (C=O) groups excluding carboxylic acids is 2. The third-order valence-corrected chi connectivity index (χ3v) is 3.62. The average Bonchev–Trinajstić information content (AvgIpc) is 2.47. The van der Waals surface area contributed by atoms with Crippen LogP contribution in [0.5, 0.6) is 5.75 Å². The number of rotatable bonds is 2. The Labute approximate surface area is 136 Å². The molecule has 1 heterocycles. The molecule has 0 aromatic heterocycles. The van der Waals surface area contributed by atoms with Crippen molar-refractivity contribution in [1.29, 1.82) is 0 Å². The number of carbonyl (C=O) groups is 2. The van der Waals surface area contributed by atoms with Gasteiger partial charge in [0.25, 0.3) is 11.8 Å². The molecule has 0 saturated carbocycles. The summed E-state index contributed by atoms with van der Waals surface area (Å²) in [6.45, 7) is -0.0482. The van der Waals surface area contributed by atoms with Crippen LogP contribution in [0.1, 0.15) is 10.4 Å². The summed E-state index contributed by atoms with van der Waals surface area (Å²) in [5.74, 6) is -0.187. The van der Waals surface area contributed by atoms with Crippen LogP contribution in [0, 0.1) is 0 Å². The van der Waals surface area contributed by atoms with Gasteiger partial charge in [0.1, 0.15) is 11.4 Å². The van der Waals surface area contributed by atoms with E-state index < -0.39 is 5.91 Å². The zero-order chi connectivity index (χ0) is 15.7. The maximum atomic E-state index is 12.3. The van der Waals surface area contributed by atoms with Crippen molar-refractivity contribution in [3.8, 4) is 5.75 Å². The summed E-state index contributed by atoms with van der Waals surface area (Å²) in [4.78, 5) is 23.8. The summed E-state index contributed by atoms with van der Waals surface area (Å²) in [7, 11) is 0. The van der Waals surface area contributed by atoms with Crippen molar-refractivity contribution in [2.75, 3.05) is 17.2 Å². The molecule has 2 amide bonds. The van der Waals surface area contributed by atoms with Crippen molar-refractivity contribution in [2.45, 2.75) is 0 Å². The Morgan fingerprint density at radius 1 is 1.23 bits per heavy atom. The number of halogens is 2. The predicted octanol–water partition coefficient (Wildman–Crippen LogP) is 3.58. The standard InChI is InChI=1S/C15H10Cl2N2O3/c16-8-4-5-9(10(17)6-8)15(21)18-11-2-1-3-12-14(11)19-13(20)7-22-12/h1-6H,7H2,(H,18,21)(H,19,20). The smallest absolute Gasteiger partial charge is 0.262 e. The van der Waals surface area contributed by atoms with Crippen molar-refractivity contribution in [2.24, 2.45) is 0 Å². The second kappa shape index (κ2) is 5.87. The summed E-state index contributed by atoms with van der Waals surface area (Å²) >= 11 is 11.8. The normalized spacial score (nSPS) is 12.9. The molecule has 2 aromatic rings. The predicted molar refractivity (Wildman–Crippen MR) is 85.0 cm³/mol. The highest BCUT2D eigenvalue weighted by atomic mass is 35.5. The fraction of sp³-hybridized carbons (Fsp3) is 0.0667. The molecule has 0 fully saturated rings. The largest absolute Gasteiger partial charge is 0.481 e. The first-order valence-corrected chi connectivity index (χ1v) is 7.12. The van der Waals surface area contributed by atoms with Crippen molar-refractivity contribution in [1.82, 2.24) is 0 Å². The molecule has 0 radical (unpaired) electrons. The Bertz CT molecular complexity index is 777. The van der Waals surface area contributed by atoms with E-state index in [9.17, 15) is 9.59 Å². The second-order valence-electron chi connectivity index (χ2n) is 4.59. The molecule has 0 spiro atoms. The van der Waals surface area contributed by atoms with Gasteiger partial charge in [-0.1, -0.05) is 29.3 Å². The van der Waals surface area contributed by atoms with Gasteiger partial charge in [0.2, 0.25) is 0 Å². The molecule has 1 aliphatic rings. The van der Waals surface area contributed by atoms with Crippen molar-refractivity contribution < 1.29 is 14.3 Å². The Hall–Kier alpha value is -2.24. The van der Waals surface area contributed by atoms with Crippen LogP contribution in [0.25, 0.3) is 0 Å².